The fourth-order valence-corrected chi connectivity index (χ4v) is 7.46. The average molecular weight is 1000 g/mol. The number of nitrogens with one attached hydrogen (secondary N) is 1. The van der Waals surface area contributed by atoms with Gasteiger partial charge in [0.25, 0.3) is 17.0 Å². The number of aryl methyl sites for hydroxylation is 4. The topological polar surface area (TPSA) is 240 Å². The van der Waals surface area contributed by atoms with Crippen molar-refractivity contribution in [3.05, 3.63) is 197 Å². The molecule has 0 spiro atoms. The minimum Gasteiger partial charge on any atom is -0.478 e. The number of anilines is 2. The van der Waals surface area contributed by atoms with Crippen molar-refractivity contribution in [3.8, 4) is 0 Å². The fourth-order valence-electron chi connectivity index (χ4n) is 7.09. The van der Waals surface area contributed by atoms with E-state index in [1.165, 1.54) is 29.0 Å². The van der Waals surface area contributed by atoms with E-state index in [1.54, 1.807) is 77.8 Å². The molecule has 0 saturated carbocycles. The van der Waals surface area contributed by atoms with Gasteiger partial charge in [0.05, 0.1) is 38.6 Å². The van der Waals surface area contributed by atoms with Gasteiger partial charge in [0.1, 0.15) is 11.6 Å². The van der Waals surface area contributed by atoms with Crippen LogP contribution in [-0.2, 0) is 26.2 Å². The zero-order valence-corrected chi connectivity index (χ0v) is 39.8. The number of benzene rings is 2. The number of carbonyl (C=O) groups is 2. The number of pyridine rings is 6. The first-order chi connectivity index (χ1) is 32.4. The van der Waals surface area contributed by atoms with Gasteiger partial charge in [0.15, 0.2) is 0 Å². The van der Waals surface area contributed by atoms with Crippen LogP contribution in [0.2, 0.25) is 10.0 Å². The lowest BCUT2D eigenvalue weighted by Crippen LogP contribution is -2.25. The highest BCUT2D eigenvalue weighted by molar-refractivity contribution is 6.31. The molecule has 8 rings (SSSR count). The number of nitrogen functional groups attached to an aromatic ring is 2. The van der Waals surface area contributed by atoms with Crippen LogP contribution in [0.5, 0.6) is 0 Å². The van der Waals surface area contributed by atoms with Crippen molar-refractivity contribution in [2.24, 2.45) is 5.73 Å². The number of amides is 1. The van der Waals surface area contributed by atoms with E-state index in [-0.39, 0.29) is 55.5 Å². The number of nitrogens with two attached hydrogens (primary N) is 3. The van der Waals surface area contributed by atoms with Crippen molar-refractivity contribution < 1.29 is 20.5 Å². The fraction of sp³-hybridized carbons (Fsp3) is 0.200. The first-order valence-electron chi connectivity index (χ1n) is 21.1. The first-order valence-corrected chi connectivity index (χ1v) is 21.2. The highest BCUT2D eigenvalue weighted by atomic mass is 35.5. The van der Waals surface area contributed by atoms with E-state index in [2.05, 4.69) is 25.3 Å². The summed E-state index contributed by atoms with van der Waals surface area (Å²) in [5.74, 6) is -0.236. The Balaban J connectivity index is 0.000000295. The number of hydrogen-bond donors (Lipinski definition) is 5. The highest BCUT2D eigenvalue weighted by Gasteiger charge is 2.12. The maximum absolute atomic E-state index is 12.7. The number of rotatable bonds is 9. The molecular weight excluding hydrogens is 946 g/mol. The maximum atomic E-state index is 12.7. The van der Waals surface area contributed by atoms with Gasteiger partial charge in [-0.2, -0.15) is 0 Å². The molecule has 0 saturated heterocycles. The summed E-state index contributed by atoms with van der Waals surface area (Å²) in [6, 6.07) is 23.6. The summed E-state index contributed by atoms with van der Waals surface area (Å²) in [5.41, 5.74) is 24.0. The molecule has 2 aromatic carbocycles. The number of aromatic nitrogens is 6. The van der Waals surface area contributed by atoms with Gasteiger partial charge in [-0.05, 0) is 132 Å². The number of carboxylic acid groups (broad SMARTS) is 1. The summed E-state index contributed by atoms with van der Waals surface area (Å²) in [4.78, 5) is 65.1. The van der Waals surface area contributed by atoms with Gasteiger partial charge >= 0.3 is 5.97 Å². The number of carbonyl (C=O) groups excluding carboxylic acids is 1. The number of hydrogen-bond acceptors (Lipinski definition) is 11. The van der Waals surface area contributed by atoms with Crippen LogP contribution in [0.25, 0.3) is 21.5 Å². The summed E-state index contributed by atoms with van der Waals surface area (Å²) < 4.78 is 18.5. The Morgan fingerprint density at radius 3 is 1.57 bits per heavy atom. The van der Waals surface area contributed by atoms with Gasteiger partial charge in [-0.25, -0.2) is 14.8 Å². The standard InChI is InChI=1S/C24H22ClN5O2.C16H11ClN2O3.C8H13N3.CH3F.CH4.ClH/c1-14-7-22(26)29-15(2)21(14)11-28-24(32)17-5-6-27-20(9-17)13-30-12-18-8-19(25)4-3-16(18)10-23(30)31;17-13-2-1-10-7-15(20)19(8-12(10)5-13)9-14-6-11(16(21)22)3-4-18-14;1-5-3-8(10)11-6(2)7(5)4-9;1-2;;/h3-10,12H,11,13H2,1-2H3,(H2,26,29)(H,28,32);1-8H,9H2,(H,21,22);3H,4,9H2,1-2H3,(H2,10,11);1H3;1H4;1H/i;;;1D;;. The first kappa shape index (κ1) is 54.4. The van der Waals surface area contributed by atoms with Crippen molar-refractivity contribution >= 4 is 80.7 Å². The Kier molecular flexibility index (Phi) is 20.3. The van der Waals surface area contributed by atoms with E-state index in [9.17, 15) is 23.6 Å². The van der Waals surface area contributed by atoms with E-state index in [1.807, 2.05) is 39.8 Å². The molecule has 0 aliphatic heterocycles. The molecule has 362 valence electrons. The molecule has 0 fully saturated rings. The molecule has 0 radical (unpaired) electrons. The van der Waals surface area contributed by atoms with E-state index in [0.29, 0.717) is 51.7 Å². The molecule has 0 aliphatic rings. The summed E-state index contributed by atoms with van der Waals surface area (Å²) in [6.07, 6.45) is 6.42. The summed E-state index contributed by atoms with van der Waals surface area (Å²) in [7, 11) is -1.00. The SMILES string of the molecule is C.Cc1cc(N)nc(C)c1CN.Cc1cc(N)nc(C)c1CNC(=O)c1ccnc(Cn2cc3cc(Cl)ccc3cc2=O)c1.Cl.O=C(O)c1ccnc(Cn2cc3cc(Cl)ccc3cc2=O)c1.[2H]CF. The molecule has 19 heteroatoms. The van der Waals surface area contributed by atoms with Crippen LogP contribution in [0, 0.1) is 27.7 Å². The molecule has 8 N–H and O–H groups in total. The van der Waals surface area contributed by atoms with Crippen LogP contribution in [0.1, 0.15) is 74.5 Å². The van der Waals surface area contributed by atoms with Crippen molar-refractivity contribution in [2.45, 2.75) is 61.3 Å². The van der Waals surface area contributed by atoms with Crippen LogP contribution < -0.4 is 33.6 Å². The Bertz CT molecular complexity index is 3200. The second kappa shape index (κ2) is 25.8. The van der Waals surface area contributed by atoms with Gasteiger partial charge in [-0.1, -0.05) is 42.8 Å². The van der Waals surface area contributed by atoms with E-state index in [0.717, 1.165) is 55.2 Å². The molecule has 0 unspecified atom stereocenters. The number of aromatic carboxylic acids is 1. The van der Waals surface area contributed by atoms with Crippen LogP contribution in [0.4, 0.5) is 16.0 Å². The number of fused-ring (bicyclic) bond motifs is 2. The third-order valence-electron chi connectivity index (χ3n) is 10.4. The van der Waals surface area contributed by atoms with Crippen molar-refractivity contribution in [1.82, 2.24) is 34.4 Å². The predicted octanol–water partition coefficient (Wildman–Crippen LogP) is 8.80. The molecule has 6 heterocycles. The maximum Gasteiger partial charge on any atom is 0.335 e. The monoisotopic (exact) mass is 999 g/mol. The third-order valence-corrected chi connectivity index (χ3v) is 10.9. The van der Waals surface area contributed by atoms with E-state index in [4.69, 9.17) is 46.9 Å². The number of halogens is 4. The van der Waals surface area contributed by atoms with Crippen LogP contribution in [0.15, 0.2) is 119 Å². The highest BCUT2D eigenvalue weighted by Crippen LogP contribution is 2.20. The molecule has 15 nitrogen and oxygen atoms in total. The smallest absolute Gasteiger partial charge is 0.335 e. The van der Waals surface area contributed by atoms with Gasteiger partial charge in [-0.15, -0.1) is 12.4 Å². The van der Waals surface area contributed by atoms with Crippen LogP contribution >= 0.6 is 35.6 Å². The molecule has 1 amide bonds. The Morgan fingerprint density at radius 1 is 0.696 bits per heavy atom. The zero-order chi connectivity index (χ0) is 49.7. The number of carboxylic acids is 1. The Labute approximate surface area is 416 Å². The largest absolute Gasteiger partial charge is 0.478 e. The number of nitrogens with zero attached hydrogens (tertiary/aromatic N) is 6. The summed E-state index contributed by atoms with van der Waals surface area (Å²) >= 11 is 12.0. The van der Waals surface area contributed by atoms with Gasteiger partial charge in [-0.3, -0.25) is 28.7 Å². The Hall–Kier alpha value is -7.24. The van der Waals surface area contributed by atoms with Crippen LogP contribution in [-0.4, -0.2) is 53.2 Å². The molecule has 6 aromatic heterocycles. The van der Waals surface area contributed by atoms with E-state index >= 15 is 0 Å². The van der Waals surface area contributed by atoms with Gasteiger partial charge in [0.2, 0.25) is 0 Å². The minimum absolute atomic E-state index is 0. The molecule has 0 aliphatic carbocycles. The lowest BCUT2D eigenvalue weighted by atomic mass is 10.1. The quantitative estimate of drug-likeness (QED) is 0.0912. The predicted molar refractivity (Wildman–Crippen MR) is 276 cm³/mol. The lowest BCUT2D eigenvalue weighted by molar-refractivity contribution is 0.0696. The molecule has 8 aromatic rings. The zero-order valence-electron chi connectivity index (χ0n) is 38.5. The normalized spacial score (nSPS) is 10.4. The number of alkyl halides is 1. The summed E-state index contributed by atoms with van der Waals surface area (Å²) in [5, 5.41) is 16.4. The second-order valence-corrected chi connectivity index (χ2v) is 16.0. The molecule has 0 bridgehead atoms. The summed E-state index contributed by atoms with van der Waals surface area (Å²) in [6.45, 7) is 9.02. The lowest BCUT2D eigenvalue weighted by Gasteiger charge is -2.12. The molecular formula is C50H54Cl3FN10O5. The molecule has 0 atom stereocenters. The van der Waals surface area contributed by atoms with Gasteiger partial charge in [0, 0.05) is 77.0 Å². The van der Waals surface area contributed by atoms with Gasteiger partial charge < -0.3 is 36.8 Å². The van der Waals surface area contributed by atoms with Crippen molar-refractivity contribution in [1.29, 1.82) is 0 Å². The Morgan fingerprint density at radius 2 is 1.13 bits per heavy atom. The van der Waals surface area contributed by atoms with Crippen molar-refractivity contribution in [3.63, 3.8) is 0 Å². The van der Waals surface area contributed by atoms with E-state index < -0.39 is 13.1 Å². The van der Waals surface area contributed by atoms with Crippen LogP contribution in [0.3, 0.4) is 0 Å². The molecule has 69 heavy (non-hydrogen) atoms. The average Bonchev–Trinajstić information content (AvgIpc) is 3.27. The van der Waals surface area contributed by atoms with Crippen molar-refractivity contribution in [2.75, 3.05) is 18.6 Å². The third kappa shape index (κ3) is 15.1. The second-order valence-electron chi connectivity index (χ2n) is 15.1. The minimum atomic E-state index is -1.03.